The quantitative estimate of drug-likeness (QED) is 0.415. The van der Waals surface area contributed by atoms with E-state index < -0.39 is 0 Å². The molecule has 1 aromatic rings. The molecule has 1 aromatic carbocycles. The average Bonchev–Trinajstić information content (AvgIpc) is 2.65. The first-order valence-electron chi connectivity index (χ1n) is 11.3. The fourth-order valence-electron chi connectivity index (χ4n) is 5.86. The number of hydrogen-bond acceptors (Lipinski definition) is 0. The van der Waals surface area contributed by atoms with Crippen molar-refractivity contribution >= 4 is 11.1 Å². The first kappa shape index (κ1) is 19.6. The minimum Gasteiger partial charge on any atom is -0.0616 e. The van der Waals surface area contributed by atoms with E-state index in [1.54, 1.807) is 0 Å². The molecule has 30 heavy (non-hydrogen) atoms. The third-order valence-electron chi connectivity index (χ3n) is 8.14. The molecule has 0 amide bonds. The van der Waals surface area contributed by atoms with Crippen molar-refractivity contribution in [2.75, 3.05) is 0 Å². The summed E-state index contributed by atoms with van der Waals surface area (Å²) >= 11 is 0. The highest BCUT2D eigenvalue weighted by Crippen LogP contribution is 2.71. The van der Waals surface area contributed by atoms with Gasteiger partial charge in [-0.25, -0.2) is 0 Å². The highest BCUT2D eigenvalue weighted by Gasteiger charge is 2.59. The van der Waals surface area contributed by atoms with Gasteiger partial charge >= 0.3 is 0 Å². The molecule has 0 nitrogen and oxygen atoms in total. The van der Waals surface area contributed by atoms with Crippen LogP contribution in [0.3, 0.4) is 0 Å². The zero-order chi connectivity index (χ0) is 21.7. The van der Waals surface area contributed by atoms with E-state index in [2.05, 4.69) is 116 Å². The maximum atomic E-state index is 2.50. The van der Waals surface area contributed by atoms with Crippen molar-refractivity contribution in [1.82, 2.24) is 0 Å². The lowest BCUT2D eigenvalue weighted by atomic mass is 9.43. The summed E-state index contributed by atoms with van der Waals surface area (Å²) in [6.45, 7) is 18.9. The van der Waals surface area contributed by atoms with E-state index in [-0.39, 0.29) is 21.7 Å². The summed E-state index contributed by atoms with van der Waals surface area (Å²) < 4.78 is 0. The Bertz CT molecular complexity index is 1060. The second-order valence-corrected chi connectivity index (χ2v) is 11.9. The maximum Gasteiger partial charge on any atom is 0.0315 e. The van der Waals surface area contributed by atoms with E-state index in [1.807, 2.05) is 0 Å². The van der Waals surface area contributed by atoms with Crippen molar-refractivity contribution in [3.63, 3.8) is 0 Å². The van der Waals surface area contributed by atoms with Crippen LogP contribution in [-0.4, -0.2) is 0 Å². The molecule has 0 aliphatic heterocycles. The number of allylic oxidation sites excluding steroid dienone is 12. The Hall–Kier alpha value is -2.34. The summed E-state index contributed by atoms with van der Waals surface area (Å²) in [6, 6.07) is 9.08. The first-order chi connectivity index (χ1) is 13.9. The molecule has 0 fully saturated rings. The monoisotopic (exact) mass is 394 g/mol. The van der Waals surface area contributed by atoms with Gasteiger partial charge in [-0.2, -0.15) is 0 Å². The van der Waals surface area contributed by atoms with Crippen LogP contribution in [0.25, 0.3) is 11.1 Å². The Morgan fingerprint density at radius 1 is 0.567 bits per heavy atom. The van der Waals surface area contributed by atoms with Crippen LogP contribution in [0.15, 0.2) is 83.0 Å². The van der Waals surface area contributed by atoms with Crippen molar-refractivity contribution in [3.05, 3.63) is 94.1 Å². The van der Waals surface area contributed by atoms with Crippen molar-refractivity contribution < 1.29 is 0 Å². The van der Waals surface area contributed by atoms with E-state index >= 15 is 0 Å². The molecule has 0 spiro atoms. The van der Waals surface area contributed by atoms with Gasteiger partial charge in [0.25, 0.3) is 0 Å². The molecule has 0 heterocycles. The Morgan fingerprint density at radius 3 is 1.27 bits per heavy atom. The number of hydrogen-bond donors (Lipinski definition) is 0. The van der Waals surface area contributed by atoms with Crippen LogP contribution in [0.1, 0.15) is 66.5 Å². The molecule has 0 N–H and O–H groups in total. The second-order valence-electron chi connectivity index (χ2n) is 11.9. The molecular weight excluding hydrogens is 360 g/mol. The molecule has 0 heteroatoms. The van der Waals surface area contributed by atoms with Gasteiger partial charge in [-0.1, -0.05) is 116 Å². The molecule has 0 saturated heterocycles. The maximum absolute atomic E-state index is 2.50. The predicted octanol–water partition coefficient (Wildman–Crippen LogP) is 8.32. The zero-order valence-corrected chi connectivity index (χ0v) is 19.8. The standard InChI is InChI=1S/C30H34/c1-27(2,3)21-15-19-13-14-20-16-22(28(4,5)6)18-26-24-12-10-9-11-23(24)25(17-21)29(19,7)30(20,26)8/h9-18H,1-8H3/t29-,30?/m1/s1. The van der Waals surface area contributed by atoms with Crippen molar-refractivity contribution in [3.8, 4) is 0 Å². The second kappa shape index (κ2) is 5.67. The summed E-state index contributed by atoms with van der Waals surface area (Å²) in [7, 11) is 0. The van der Waals surface area contributed by atoms with Gasteiger partial charge in [-0.3, -0.25) is 0 Å². The third-order valence-corrected chi connectivity index (χ3v) is 8.14. The molecule has 4 aliphatic rings. The summed E-state index contributed by atoms with van der Waals surface area (Å²) in [6.07, 6.45) is 14.7. The predicted molar refractivity (Wildman–Crippen MR) is 130 cm³/mol. The Balaban J connectivity index is 1.92. The van der Waals surface area contributed by atoms with Gasteiger partial charge < -0.3 is 0 Å². The van der Waals surface area contributed by atoms with Gasteiger partial charge in [0.15, 0.2) is 0 Å². The van der Waals surface area contributed by atoms with Gasteiger partial charge in [0.1, 0.15) is 0 Å². The summed E-state index contributed by atoms with van der Waals surface area (Å²) in [5, 5.41) is 0. The highest BCUT2D eigenvalue weighted by atomic mass is 14.6. The topological polar surface area (TPSA) is 0 Å². The van der Waals surface area contributed by atoms with Gasteiger partial charge in [0.05, 0.1) is 0 Å². The van der Waals surface area contributed by atoms with Crippen LogP contribution in [0, 0.1) is 21.7 Å². The van der Waals surface area contributed by atoms with Crippen molar-refractivity contribution in [2.45, 2.75) is 55.4 Å². The molecule has 0 bridgehead atoms. The van der Waals surface area contributed by atoms with E-state index in [0.717, 1.165) is 0 Å². The molecular formula is C30H34. The van der Waals surface area contributed by atoms with Crippen LogP contribution >= 0.6 is 0 Å². The van der Waals surface area contributed by atoms with Crippen LogP contribution in [0.2, 0.25) is 0 Å². The molecule has 154 valence electrons. The molecule has 0 aromatic heterocycles. The zero-order valence-electron chi connectivity index (χ0n) is 19.8. The average molecular weight is 395 g/mol. The SMILES string of the molecule is CC(C)(C)C1=CC2=CC=C3C=C(C(C)(C)C)C=C4c5ccccc5C(=C1)C2(C)[C@]34C. The lowest BCUT2D eigenvalue weighted by Crippen LogP contribution is -2.48. The summed E-state index contributed by atoms with van der Waals surface area (Å²) in [5.41, 5.74) is 11.6. The number of fused-ring (bicyclic) bond motifs is 3. The van der Waals surface area contributed by atoms with Gasteiger partial charge in [-0.05, 0) is 55.4 Å². The molecule has 0 radical (unpaired) electrons. The largest absolute Gasteiger partial charge is 0.0616 e. The van der Waals surface area contributed by atoms with E-state index in [0.29, 0.717) is 0 Å². The number of benzene rings is 1. The van der Waals surface area contributed by atoms with Crippen LogP contribution in [0.5, 0.6) is 0 Å². The molecule has 0 saturated carbocycles. The first-order valence-corrected chi connectivity index (χ1v) is 11.3. The normalized spacial score (nSPS) is 29.5. The van der Waals surface area contributed by atoms with E-state index in [1.165, 1.54) is 44.6 Å². The third kappa shape index (κ3) is 2.28. The minimum atomic E-state index is -0.0636. The molecule has 2 atom stereocenters. The van der Waals surface area contributed by atoms with Crippen molar-refractivity contribution in [1.29, 1.82) is 0 Å². The van der Waals surface area contributed by atoms with E-state index in [9.17, 15) is 0 Å². The fraction of sp³-hybridized carbons (Fsp3) is 0.400. The Kier molecular flexibility index (Phi) is 3.70. The van der Waals surface area contributed by atoms with E-state index in [4.69, 9.17) is 0 Å². The minimum absolute atomic E-state index is 0.0636. The summed E-state index contributed by atoms with van der Waals surface area (Å²) in [5.74, 6) is 0. The van der Waals surface area contributed by atoms with Gasteiger partial charge in [0.2, 0.25) is 0 Å². The summed E-state index contributed by atoms with van der Waals surface area (Å²) in [4.78, 5) is 0. The van der Waals surface area contributed by atoms with Crippen molar-refractivity contribution in [2.24, 2.45) is 21.7 Å². The Labute approximate surface area is 182 Å². The van der Waals surface area contributed by atoms with Gasteiger partial charge in [0, 0.05) is 10.8 Å². The lowest BCUT2D eigenvalue weighted by molar-refractivity contribution is 0.298. The molecule has 1 unspecified atom stereocenters. The van der Waals surface area contributed by atoms with Crippen LogP contribution < -0.4 is 0 Å². The smallest absolute Gasteiger partial charge is 0.0315 e. The lowest BCUT2D eigenvalue weighted by Gasteiger charge is -2.59. The molecule has 5 rings (SSSR count). The highest BCUT2D eigenvalue weighted by molar-refractivity contribution is 5.98. The van der Waals surface area contributed by atoms with Crippen LogP contribution in [-0.2, 0) is 0 Å². The van der Waals surface area contributed by atoms with Crippen LogP contribution in [0.4, 0.5) is 0 Å². The fourth-order valence-corrected chi connectivity index (χ4v) is 5.86. The molecule has 4 aliphatic carbocycles. The number of rotatable bonds is 0. The Morgan fingerprint density at radius 2 is 0.933 bits per heavy atom. The van der Waals surface area contributed by atoms with Gasteiger partial charge in [-0.15, -0.1) is 0 Å².